The lowest BCUT2D eigenvalue weighted by Gasteiger charge is -2.25. The maximum Gasteiger partial charge on any atom is 0.339 e. The second-order valence-corrected chi connectivity index (χ2v) is 10.7. The summed E-state index contributed by atoms with van der Waals surface area (Å²) in [4.78, 5) is 25.8. The van der Waals surface area contributed by atoms with Gasteiger partial charge in [0, 0.05) is 30.0 Å². The molecule has 35 heavy (non-hydrogen) atoms. The van der Waals surface area contributed by atoms with Gasteiger partial charge in [-0.05, 0) is 49.5 Å². The fourth-order valence-electron chi connectivity index (χ4n) is 5.17. The van der Waals surface area contributed by atoms with Crippen molar-refractivity contribution >= 4 is 40.0 Å². The van der Waals surface area contributed by atoms with Gasteiger partial charge < -0.3 is 15.7 Å². The van der Waals surface area contributed by atoms with Gasteiger partial charge in [0.1, 0.15) is 22.8 Å². The average Bonchev–Trinajstić information content (AvgIpc) is 3.56. The Morgan fingerprint density at radius 2 is 2.14 bits per heavy atom. The number of fused-ring (bicyclic) bond motifs is 1. The molecule has 2 saturated carbocycles. The molecule has 3 heterocycles. The molecule has 10 nitrogen and oxygen atoms in total. The zero-order chi connectivity index (χ0) is 24.5. The van der Waals surface area contributed by atoms with Gasteiger partial charge in [-0.2, -0.15) is 5.10 Å². The summed E-state index contributed by atoms with van der Waals surface area (Å²) in [7, 11) is 1.55. The summed E-state index contributed by atoms with van der Waals surface area (Å²) in [6.45, 7) is 0. The van der Waals surface area contributed by atoms with E-state index in [2.05, 4.69) is 25.9 Å². The number of hydrogen-bond donors (Lipinski definition) is 3. The predicted molar refractivity (Wildman–Crippen MR) is 122 cm³/mol. The van der Waals surface area contributed by atoms with Gasteiger partial charge in [-0.3, -0.25) is 14.0 Å². The molecular weight excluding hydrogens is 480 g/mol. The van der Waals surface area contributed by atoms with Gasteiger partial charge in [0.25, 0.3) is 6.43 Å². The van der Waals surface area contributed by atoms with Gasteiger partial charge in [0.2, 0.25) is 11.9 Å². The molecule has 0 aliphatic heterocycles. The maximum absolute atomic E-state index is 13.0. The number of halogens is 2. The molecule has 0 radical (unpaired) electrons. The number of anilines is 3. The minimum absolute atomic E-state index is 0.000679. The predicted octanol–water partition coefficient (Wildman–Crippen LogP) is 3.92. The average molecular weight is 504 g/mol. The highest BCUT2D eigenvalue weighted by atomic mass is 32.1. The molecular formula is C22H23F2N7O3S. The topological polar surface area (TPSA) is 127 Å². The molecule has 1 amide bonds. The van der Waals surface area contributed by atoms with Crippen LogP contribution >= 0.6 is 11.3 Å². The molecule has 6 rings (SSSR count). The zero-order valence-electron chi connectivity index (χ0n) is 18.8. The van der Waals surface area contributed by atoms with Gasteiger partial charge >= 0.3 is 5.97 Å². The van der Waals surface area contributed by atoms with E-state index in [0.29, 0.717) is 41.6 Å². The van der Waals surface area contributed by atoms with Crippen LogP contribution in [0.15, 0.2) is 12.4 Å². The van der Waals surface area contributed by atoms with Gasteiger partial charge in [0.05, 0.1) is 5.56 Å². The van der Waals surface area contributed by atoms with Gasteiger partial charge in [-0.1, -0.05) is 0 Å². The molecule has 0 bridgehead atoms. The van der Waals surface area contributed by atoms with E-state index in [1.165, 1.54) is 22.1 Å². The highest BCUT2D eigenvalue weighted by Crippen LogP contribution is 2.70. The van der Waals surface area contributed by atoms with Gasteiger partial charge in [-0.25, -0.2) is 13.6 Å². The van der Waals surface area contributed by atoms with E-state index in [-0.39, 0.29) is 34.5 Å². The Hall–Kier alpha value is -3.35. The normalized spacial score (nSPS) is 21.7. The lowest BCUT2D eigenvalue weighted by molar-refractivity contribution is -0.117. The van der Waals surface area contributed by atoms with Crippen LogP contribution in [0.25, 0.3) is 0 Å². The zero-order valence-corrected chi connectivity index (χ0v) is 19.6. The minimum Gasteiger partial charge on any atom is -0.478 e. The number of rotatable bonds is 7. The Kier molecular flexibility index (Phi) is 4.95. The first-order valence-electron chi connectivity index (χ1n) is 11.4. The second-order valence-electron chi connectivity index (χ2n) is 9.58. The summed E-state index contributed by atoms with van der Waals surface area (Å²) in [5.41, 5.74) is 0.716. The van der Waals surface area contributed by atoms with E-state index < -0.39 is 12.4 Å². The number of carbonyl (C=O) groups is 2. The third-order valence-electron chi connectivity index (χ3n) is 7.41. The van der Waals surface area contributed by atoms with Crippen molar-refractivity contribution in [2.24, 2.45) is 18.4 Å². The number of carbonyl (C=O) groups excluding carboxylic acids is 1. The first-order valence-corrected chi connectivity index (χ1v) is 12.2. The van der Waals surface area contributed by atoms with Crippen molar-refractivity contribution in [1.82, 2.24) is 24.5 Å². The van der Waals surface area contributed by atoms with Crippen molar-refractivity contribution < 1.29 is 23.5 Å². The molecule has 3 N–H and O–H groups in total. The highest BCUT2D eigenvalue weighted by Gasteiger charge is 2.65. The fraction of sp³-hybridized carbons (Fsp3) is 0.500. The van der Waals surface area contributed by atoms with Crippen LogP contribution in [-0.2, 0) is 24.7 Å². The van der Waals surface area contributed by atoms with Crippen LogP contribution < -0.4 is 10.6 Å². The quantitative estimate of drug-likeness (QED) is 0.446. The number of aromatic nitrogens is 5. The number of amides is 1. The number of hydrogen-bond acceptors (Lipinski definition) is 7. The van der Waals surface area contributed by atoms with E-state index in [4.69, 9.17) is 0 Å². The molecule has 3 aliphatic rings. The molecule has 0 aromatic carbocycles. The number of nitrogens with one attached hydrogen (secondary N) is 2. The lowest BCUT2D eigenvalue weighted by Crippen LogP contribution is -2.21. The first-order chi connectivity index (χ1) is 16.8. The number of alkyl halides is 2. The number of thiophene rings is 1. The molecule has 13 heteroatoms. The summed E-state index contributed by atoms with van der Waals surface area (Å²) in [6.07, 6.45) is 3.70. The van der Waals surface area contributed by atoms with Crippen LogP contribution in [0.4, 0.5) is 25.5 Å². The van der Waals surface area contributed by atoms with E-state index in [1.807, 2.05) is 0 Å². The first kappa shape index (κ1) is 22.1. The van der Waals surface area contributed by atoms with Crippen LogP contribution in [0.3, 0.4) is 0 Å². The van der Waals surface area contributed by atoms with Crippen LogP contribution in [0.1, 0.15) is 64.6 Å². The Morgan fingerprint density at radius 3 is 2.80 bits per heavy atom. The van der Waals surface area contributed by atoms with Crippen molar-refractivity contribution in [2.75, 3.05) is 10.6 Å². The number of nitrogens with zero attached hydrogens (tertiary/aromatic N) is 5. The van der Waals surface area contributed by atoms with Crippen LogP contribution in [0.5, 0.6) is 0 Å². The van der Waals surface area contributed by atoms with Crippen LogP contribution in [0, 0.1) is 11.3 Å². The Balaban J connectivity index is 1.24. The summed E-state index contributed by atoms with van der Waals surface area (Å²) >= 11 is 1.35. The smallest absolute Gasteiger partial charge is 0.339 e. The van der Waals surface area contributed by atoms with Crippen molar-refractivity contribution in [2.45, 2.75) is 51.0 Å². The molecule has 3 aliphatic carbocycles. The second kappa shape index (κ2) is 7.83. The van der Waals surface area contributed by atoms with E-state index in [1.54, 1.807) is 17.9 Å². The standard InChI is InChI=1S/C22H23F2N7O3S/c1-30-15(7-13(29-30)17(23)24)26-21-28-25-9-31(21)10-2-3-14-11(6-10)16(20(33)34)19(35-14)27-18(32)12-8-22(12)4-5-22/h7,9-10,12,17H,2-6,8H2,1H3,(H,26,28)(H,27,32)(H,33,34)/t10-,12+/m0/s1. The molecule has 3 aromatic rings. The van der Waals surface area contributed by atoms with Crippen molar-refractivity contribution in [1.29, 1.82) is 0 Å². The van der Waals surface area contributed by atoms with Crippen molar-refractivity contribution in [3.05, 3.63) is 34.1 Å². The fourth-order valence-corrected chi connectivity index (χ4v) is 6.41. The molecule has 0 saturated heterocycles. The summed E-state index contributed by atoms with van der Waals surface area (Å²) < 4.78 is 29.1. The van der Waals surface area contributed by atoms with Crippen molar-refractivity contribution in [3.63, 3.8) is 0 Å². The third kappa shape index (κ3) is 3.77. The molecule has 3 aromatic heterocycles. The minimum atomic E-state index is -2.69. The van der Waals surface area contributed by atoms with E-state index >= 15 is 0 Å². The number of aryl methyl sites for hydroxylation is 2. The number of carboxylic acids is 1. The molecule has 184 valence electrons. The summed E-state index contributed by atoms with van der Waals surface area (Å²) in [5.74, 6) is -0.450. The summed E-state index contributed by atoms with van der Waals surface area (Å²) in [5, 5.41) is 28.2. The number of aromatic carboxylic acids is 1. The van der Waals surface area contributed by atoms with Gasteiger partial charge in [-0.15, -0.1) is 21.5 Å². The maximum atomic E-state index is 13.0. The van der Waals surface area contributed by atoms with E-state index in [0.717, 1.165) is 24.1 Å². The largest absolute Gasteiger partial charge is 0.478 e. The van der Waals surface area contributed by atoms with Crippen LogP contribution in [-0.4, -0.2) is 41.5 Å². The van der Waals surface area contributed by atoms with Gasteiger partial charge in [0.15, 0.2) is 0 Å². The monoisotopic (exact) mass is 503 g/mol. The molecule has 1 spiro atoms. The molecule has 0 unspecified atom stereocenters. The van der Waals surface area contributed by atoms with E-state index in [9.17, 15) is 23.5 Å². The lowest BCUT2D eigenvalue weighted by atomic mass is 9.91. The Labute approximate surface area is 202 Å². The highest BCUT2D eigenvalue weighted by molar-refractivity contribution is 7.17. The third-order valence-corrected chi connectivity index (χ3v) is 8.62. The van der Waals surface area contributed by atoms with Crippen molar-refractivity contribution in [3.8, 4) is 0 Å². The van der Waals surface area contributed by atoms with Crippen LogP contribution in [0.2, 0.25) is 0 Å². The Bertz CT molecular complexity index is 1340. The Morgan fingerprint density at radius 1 is 1.34 bits per heavy atom. The summed E-state index contributed by atoms with van der Waals surface area (Å²) in [6, 6.07) is 1.11. The SMILES string of the molecule is Cn1nc(C(F)F)cc1Nc1nncn1[C@H]1CCc2sc(NC(=O)[C@H]3CC34CC4)c(C(=O)O)c2C1. The molecule has 2 fully saturated rings. The number of carboxylic acid groups (broad SMARTS) is 1. The molecule has 2 atom stereocenters.